The van der Waals surface area contributed by atoms with E-state index < -0.39 is 10.0 Å². The van der Waals surface area contributed by atoms with Gasteiger partial charge in [0.05, 0.1) is 17.0 Å². The van der Waals surface area contributed by atoms with Crippen LogP contribution in [0.2, 0.25) is 0 Å². The first-order valence-electron chi connectivity index (χ1n) is 8.84. The summed E-state index contributed by atoms with van der Waals surface area (Å²) in [4.78, 5) is 0.327. The van der Waals surface area contributed by atoms with Crippen LogP contribution < -0.4 is 0 Å². The van der Waals surface area contributed by atoms with Crippen LogP contribution >= 0.6 is 15.9 Å². The third kappa shape index (κ3) is 3.14. The van der Waals surface area contributed by atoms with Crippen molar-refractivity contribution >= 4 is 26.0 Å². The molecule has 0 radical (unpaired) electrons. The summed E-state index contributed by atoms with van der Waals surface area (Å²) in [5, 5.41) is 0.540. The number of nitrogens with zero attached hydrogens (tertiary/aromatic N) is 1. The minimum atomic E-state index is -3.68. The zero-order valence-electron chi connectivity index (χ0n) is 14.9. The second-order valence-corrected chi connectivity index (χ2v) is 9.25. The Bertz CT molecular complexity index is 1050. The summed E-state index contributed by atoms with van der Waals surface area (Å²) in [6.45, 7) is 1.95. The smallest absolute Gasteiger partial charge is 0.207 e. The minimum Gasteiger partial charge on any atom is -0.207 e. The lowest BCUT2D eigenvalue weighted by Crippen LogP contribution is -2.34. The highest BCUT2D eigenvalue weighted by atomic mass is 79.9. The van der Waals surface area contributed by atoms with Crippen molar-refractivity contribution < 1.29 is 8.42 Å². The maximum atomic E-state index is 13.7. The molecule has 0 unspecified atom stereocenters. The maximum absolute atomic E-state index is 13.7. The van der Waals surface area contributed by atoms with Gasteiger partial charge >= 0.3 is 0 Å². The largest absolute Gasteiger partial charge is 0.244 e. The van der Waals surface area contributed by atoms with E-state index in [4.69, 9.17) is 0 Å². The van der Waals surface area contributed by atoms with Gasteiger partial charge in [-0.3, -0.25) is 0 Å². The van der Waals surface area contributed by atoms with Gasteiger partial charge in [-0.15, -0.1) is 0 Å². The normalized spacial score (nSPS) is 19.8. The Morgan fingerprint density at radius 2 is 1.44 bits per heavy atom. The van der Waals surface area contributed by atoms with Crippen LogP contribution in [0.25, 0.3) is 0 Å². The van der Waals surface area contributed by atoms with E-state index in [9.17, 15) is 8.42 Å². The Kier molecular flexibility index (Phi) is 4.93. The Morgan fingerprint density at radius 1 is 0.852 bits per heavy atom. The highest BCUT2D eigenvalue weighted by molar-refractivity contribution is 9.09. The van der Waals surface area contributed by atoms with Crippen LogP contribution in [-0.2, 0) is 10.0 Å². The molecule has 0 aromatic heterocycles. The first-order chi connectivity index (χ1) is 13.0. The van der Waals surface area contributed by atoms with Gasteiger partial charge in [-0.1, -0.05) is 88.2 Å². The molecule has 138 valence electrons. The van der Waals surface area contributed by atoms with Gasteiger partial charge in [-0.2, -0.15) is 4.31 Å². The van der Waals surface area contributed by atoms with Crippen molar-refractivity contribution in [3.8, 4) is 0 Å². The van der Waals surface area contributed by atoms with Crippen LogP contribution in [0.3, 0.4) is 0 Å². The van der Waals surface area contributed by atoms with E-state index in [1.165, 1.54) is 0 Å². The number of benzene rings is 3. The molecule has 5 heteroatoms. The molecule has 3 aromatic carbocycles. The lowest BCUT2D eigenvalue weighted by atomic mass is 9.98. The van der Waals surface area contributed by atoms with Crippen molar-refractivity contribution in [1.82, 2.24) is 4.31 Å². The number of fused-ring (bicyclic) bond motifs is 1. The second kappa shape index (κ2) is 7.23. The fourth-order valence-electron chi connectivity index (χ4n) is 3.77. The molecule has 2 atom stereocenters. The van der Waals surface area contributed by atoms with E-state index in [-0.39, 0.29) is 12.1 Å². The molecular formula is C22H20BrNO2S. The van der Waals surface area contributed by atoms with Crippen LogP contribution in [0.5, 0.6) is 0 Å². The van der Waals surface area contributed by atoms with Crippen molar-refractivity contribution in [3.63, 3.8) is 0 Å². The molecule has 4 rings (SSSR count). The topological polar surface area (TPSA) is 37.4 Å². The average Bonchev–Trinajstić information content (AvgIpc) is 3.04. The van der Waals surface area contributed by atoms with Gasteiger partial charge in [0, 0.05) is 5.33 Å². The molecule has 0 amide bonds. The number of rotatable bonds is 4. The highest BCUT2D eigenvalue weighted by Crippen LogP contribution is 2.48. The van der Waals surface area contributed by atoms with E-state index in [2.05, 4.69) is 15.9 Å². The quantitative estimate of drug-likeness (QED) is 0.520. The van der Waals surface area contributed by atoms with Crippen LogP contribution in [0.1, 0.15) is 34.3 Å². The monoisotopic (exact) mass is 441 g/mol. The Hall–Kier alpha value is -1.95. The second-order valence-electron chi connectivity index (χ2n) is 6.76. The fraction of sp³-hybridized carbons (Fsp3) is 0.182. The molecular weight excluding hydrogens is 422 g/mol. The molecule has 0 aliphatic carbocycles. The summed E-state index contributed by atoms with van der Waals surface area (Å²) >= 11 is 3.56. The zero-order chi connectivity index (χ0) is 19.0. The molecule has 0 bridgehead atoms. The van der Waals surface area contributed by atoms with Crippen LogP contribution in [0.15, 0.2) is 83.8 Å². The molecule has 0 N–H and O–H groups in total. The zero-order valence-corrected chi connectivity index (χ0v) is 17.3. The number of aryl methyl sites for hydroxylation is 1. The molecule has 0 fully saturated rings. The minimum absolute atomic E-state index is 0.252. The predicted molar refractivity (Wildman–Crippen MR) is 111 cm³/mol. The van der Waals surface area contributed by atoms with Crippen molar-refractivity contribution in [3.05, 3.63) is 101 Å². The van der Waals surface area contributed by atoms with E-state index in [1.807, 2.05) is 73.7 Å². The van der Waals surface area contributed by atoms with Gasteiger partial charge in [0.25, 0.3) is 0 Å². The molecule has 1 aliphatic rings. The predicted octanol–water partition coefficient (Wildman–Crippen LogP) is 5.22. The molecule has 27 heavy (non-hydrogen) atoms. The summed E-state index contributed by atoms with van der Waals surface area (Å²) in [5.74, 6) is 0. The number of halogens is 1. The van der Waals surface area contributed by atoms with Gasteiger partial charge in [-0.25, -0.2) is 8.42 Å². The average molecular weight is 442 g/mol. The van der Waals surface area contributed by atoms with E-state index in [1.54, 1.807) is 16.4 Å². The van der Waals surface area contributed by atoms with Gasteiger partial charge in [0.2, 0.25) is 10.0 Å². The molecule has 1 aliphatic heterocycles. The maximum Gasteiger partial charge on any atom is 0.244 e. The van der Waals surface area contributed by atoms with Crippen molar-refractivity contribution in [2.75, 3.05) is 5.33 Å². The SMILES string of the molecule is Cc1ccc(S(=O)(=O)N2[C@@H](c3ccccc3)c3ccccc3[C@@H]2CBr)cc1. The van der Waals surface area contributed by atoms with Gasteiger partial charge in [-0.05, 0) is 35.7 Å². The van der Waals surface area contributed by atoms with Gasteiger partial charge in [0.15, 0.2) is 0 Å². The van der Waals surface area contributed by atoms with Gasteiger partial charge in [0.1, 0.15) is 0 Å². The Morgan fingerprint density at radius 3 is 2.07 bits per heavy atom. The van der Waals surface area contributed by atoms with Crippen molar-refractivity contribution in [2.24, 2.45) is 0 Å². The van der Waals surface area contributed by atoms with E-state index >= 15 is 0 Å². The highest BCUT2D eigenvalue weighted by Gasteiger charge is 2.45. The summed E-state index contributed by atoms with van der Waals surface area (Å²) in [7, 11) is -3.68. The summed E-state index contributed by atoms with van der Waals surface area (Å²) < 4.78 is 29.0. The third-order valence-corrected chi connectivity index (χ3v) is 7.57. The number of hydrogen-bond acceptors (Lipinski definition) is 2. The number of hydrogen-bond donors (Lipinski definition) is 0. The van der Waals surface area contributed by atoms with Crippen molar-refractivity contribution in [1.29, 1.82) is 0 Å². The van der Waals surface area contributed by atoms with Crippen molar-refractivity contribution in [2.45, 2.75) is 23.9 Å². The summed E-state index contributed by atoms with van der Waals surface area (Å²) in [6.07, 6.45) is 0. The molecule has 3 aromatic rings. The lowest BCUT2D eigenvalue weighted by Gasteiger charge is -2.29. The lowest BCUT2D eigenvalue weighted by molar-refractivity contribution is 0.336. The summed E-state index contributed by atoms with van der Waals surface area (Å²) in [5.41, 5.74) is 4.11. The molecule has 3 nitrogen and oxygen atoms in total. The third-order valence-electron chi connectivity index (χ3n) is 5.07. The van der Waals surface area contributed by atoms with Crippen LogP contribution in [0.4, 0.5) is 0 Å². The molecule has 0 spiro atoms. The van der Waals surface area contributed by atoms with E-state index in [0.29, 0.717) is 10.2 Å². The first-order valence-corrected chi connectivity index (χ1v) is 11.4. The number of sulfonamides is 1. The Labute approximate surface area is 168 Å². The fourth-order valence-corrected chi connectivity index (χ4v) is 6.38. The van der Waals surface area contributed by atoms with Gasteiger partial charge < -0.3 is 0 Å². The van der Waals surface area contributed by atoms with Crippen LogP contribution in [0, 0.1) is 6.92 Å². The first kappa shape index (κ1) is 18.4. The molecule has 0 saturated carbocycles. The van der Waals surface area contributed by atoms with Crippen LogP contribution in [-0.4, -0.2) is 18.1 Å². The molecule has 0 saturated heterocycles. The number of alkyl halides is 1. The van der Waals surface area contributed by atoms with E-state index in [0.717, 1.165) is 22.3 Å². The summed E-state index contributed by atoms with van der Waals surface area (Å²) in [6, 6.07) is 24.3. The standard InChI is InChI=1S/C22H20BrNO2S/c1-16-11-13-18(14-12-16)27(25,26)24-21(15-23)19-9-5-6-10-20(19)22(24)17-7-3-2-4-8-17/h2-14,21-22H,15H2,1H3/t21-,22-/m0/s1. The molecule has 1 heterocycles. The Balaban J connectivity index is 1.92.